The Kier molecular flexibility index (Phi) is 17.3. The zero-order valence-electron chi connectivity index (χ0n) is 41.8. The molecule has 8 fully saturated rings. The first-order valence-electron chi connectivity index (χ1n) is 25.9. The minimum Gasteiger partial charge on any atom is -0.476 e. The van der Waals surface area contributed by atoms with Crippen molar-refractivity contribution in [3.05, 3.63) is 23.8 Å². The van der Waals surface area contributed by atoms with Gasteiger partial charge in [0.1, 0.15) is 13.1 Å². The molecule has 0 saturated heterocycles. The highest BCUT2D eigenvalue weighted by molar-refractivity contribution is 5.91. The van der Waals surface area contributed by atoms with Crippen LogP contribution in [0.4, 0.5) is 0 Å². The number of aliphatic hydroxyl groups is 2. The van der Waals surface area contributed by atoms with E-state index in [0.717, 1.165) is 83.0 Å². The molecule has 1 amide bonds. The van der Waals surface area contributed by atoms with Crippen LogP contribution in [0.25, 0.3) is 0 Å². The van der Waals surface area contributed by atoms with E-state index in [4.69, 9.17) is 5.11 Å². The summed E-state index contributed by atoms with van der Waals surface area (Å²) in [7, 11) is 3.06. The summed E-state index contributed by atoms with van der Waals surface area (Å²) in [5.74, 6) is 4.25. The molecule has 0 spiro atoms. The van der Waals surface area contributed by atoms with E-state index in [9.17, 15) is 29.4 Å². The fourth-order valence-electron chi connectivity index (χ4n) is 17.5. The number of hydrogen-bond donors (Lipinski definition) is 5. The number of ketones is 2. The van der Waals surface area contributed by atoms with Crippen molar-refractivity contribution >= 4 is 23.4 Å². The highest BCUT2D eigenvalue weighted by Gasteiger charge is 2.63. The van der Waals surface area contributed by atoms with Gasteiger partial charge in [0.25, 0.3) is 5.91 Å². The molecule has 70 heavy (non-hydrogen) atoms. The van der Waals surface area contributed by atoms with Crippen molar-refractivity contribution in [1.82, 2.24) is 35.3 Å². The maximum absolute atomic E-state index is 13.4. The Bertz CT molecular complexity index is 2170. The van der Waals surface area contributed by atoms with Gasteiger partial charge >= 0.3 is 5.97 Å². The van der Waals surface area contributed by atoms with E-state index in [1.165, 1.54) is 67.6 Å². The van der Waals surface area contributed by atoms with Crippen molar-refractivity contribution in [3.63, 3.8) is 0 Å². The monoisotopic (exact) mass is 979 g/mol. The molecule has 0 aromatic carbocycles. The van der Waals surface area contributed by atoms with Crippen LogP contribution in [0.15, 0.2) is 12.4 Å². The Balaban J connectivity index is 0.000000242. The van der Waals surface area contributed by atoms with Crippen LogP contribution in [0.2, 0.25) is 0 Å². The van der Waals surface area contributed by atoms with Gasteiger partial charge in [0, 0.05) is 18.9 Å². The third kappa shape index (κ3) is 10.1. The standard InChI is InChI=1S/C26H40N4O3.C25H37N3O4.CH5N.3CH4/c1-24(33)11-12-25(2)16(13-24)5-6-17-18-7-8-20(26(18,3)10-9-19(17)25)22(31)15-30-28-14-21(29-30)23(32)27-4;1-23(32)10-11-24(2)15(12-23)4-5-16-17-6-7-19(25(17,3)9-8-18(16)24)21(29)14-28-26-13-20(27-28)22(30)31;1-2;;;/h14,16-20,33H,5-13,15H2,1-4H3,(H,27,32);13,15-19,32H,4-12,14H2,1-3H3,(H,30,31);2H2,1H3;3*1H4/t16-,17+,18+,19+,20-,24-,25+,26+;15-,16+,17+,18+,19-,23-,24+,25+;;;;/m11..../s1. The van der Waals surface area contributed by atoms with Crippen molar-refractivity contribution < 1.29 is 34.5 Å². The quantitative estimate of drug-likeness (QED) is 0.167. The minimum absolute atomic E-state index is 0. The predicted molar refractivity (Wildman–Crippen MR) is 272 cm³/mol. The Morgan fingerprint density at radius 1 is 0.571 bits per heavy atom. The lowest BCUT2D eigenvalue weighted by atomic mass is 9.44. The van der Waals surface area contributed by atoms with Crippen LogP contribution in [0.5, 0.6) is 0 Å². The van der Waals surface area contributed by atoms with E-state index in [1.807, 2.05) is 13.8 Å². The van der Waals surface area contributed by atoms with Gasteiger partial charge < -0.3 is 26.4 Å². The van der Waals surface area contributed by atoms with Gasteiger partial charge in [-0.1, -0.05) is 50.0 Å². The van der Waals surface area contributed by atoms with Crippen LogP contribution in [0.1, 0.15) is 200 Å². The van der Waals surface area contributed by atoms with E-state index in [-0.39, 0.29) is 86.9 Å². The van der Waals surface area contributed by atoms with Crippen molar-refractivity contribution in [3.8, 4) is 0 Å². The fraction of sp³-hybridized carbons (Fsp3) is 0.855. The summed E-state index contributed by atoms with van der Waals surface area (Å²) in [5, 5.41) is 49.3. The first kappa shape index (κ1) is 57.3. The number of hydrogen-bond acceptors (Lipinski definition) is 11. The van der Waals surface area contributed by atoms with Crippen LogP contribution in [0, 0.1) is 80.8 Å². The smallest absolute Gasteiger partial charge is 0.358 e. The van der Waals surface area contributed by atoms with Gasteiger partial charge in [0.05, 0.1) is 23.6 Å². The van der Waals surface area contributed by atoms with Gasteiger partial charge in [-0.3, -0.25) is 14.4 Å². The van der Waals surface area contributed by atoms with Crippen molar-refractivity contribution in [2.24, 2.45) is 86.6 Å². The van der Waals surface area contributed by atoms with E-state index >= 15 is 0 Å². The lowest BCUT2D eigenvalue weighted by Crippen LogP contribution is -2.55. The number of fused-ring (bicyclic) bond motifs is 10. The number of carbonyl (C=O) groups is 4. The highest BCUT2D eigenvalue weighted by atomic mass is 16.4. The summed E-state index contributed by atoms with van der Waals surface area (Å²) in [4.78, 5) is 52.2. The predicted octanol–water partition coefficient (Wildman–Crippen LogP) is 9.06. The molecule has 6 N–H and O–H groups in total. The number of nitrogens with two attached hydrogens (primary N) is 1. The summed E-state index contributed by atoms with van der Waals surface area (Å²) in [6.07, 6.45) is 22.2. The van der Waals surface area contributed by atoms with Crippen LogP contribution >= 0.6 is 0 Å². The lowest BCUT2D eigenvalue weighted by molar-refractivity contribution is -0.151. The van der Waals surface area contributed by atoms with E-state index in [0.29, 0.717) is 52.3 Å². The number of aromatic nitrogens is 6. The van der Waals surface area contributed by atoms with Gasteiger partial charge in [-0.25, -0.2) is 4.79 Å². The van der Waals surface area contributed by atoms with Crippen LogP contribution in [-0.2, 0) is 22.7 Å². The zero-order valence-corrected chi connectivity index (χ0v) is 41.8. The van der Waals surface area contributed by atoms with E-state index < -0.39 is 17.2 Å². The summed E-state index contributed by atoms with van der Waals surface area (Å²) < 4.78 is 0. The zero-order chi connectivity index (χ0) is 48.5. The second-order valence-corrected chi connectivity index (χ2v) is 24.4. The summed E-state index contributed by atoms with van der Waals surface area (Å²) >= 11 is 0. The normalized spacial score (nSPS) is 41.9. The summed E-state index contributed by atoms with van der Waals surface area (Å²) in [6.45, 7) is 14.0. The number of aromatic carboxylic acids is 1. The fourth-order valence-corrected chi connectivity index (χ4v) is 17.5. The largest absolute Gasteiger partial charge is 0.476 e. The van der Waals surface area contributed by atoms with Gasteiger partial charge in [0.2, 0.25) is 0 Å². The molecule has 10 rings (SSSR count). The molecule has 2 aromatic rings. The molecule has 15 nitrogen and oxygen atoms in total. The summed E-state index contributed by atoms with van der Waals surface area (Å²) in [6, 6.07) is 0. The third-order valence-corrected chi connectivity index (χ3v) is 21.0. The second-order valence-electron chi connectivity index (χ2n) is 24.4. The third-order valence-electron chi connectivity index (χ3n) is 21.0. The van der Waals surface area contributed by atoms with Gasteiger partial charge in [-0.15, -0.1) is 10.2 Å². The second kappa shape index (κ2) is 21.1. The van der Waals surface area contributed by atoms with Crippen LogP contribution in [0.3, 0.4) is 0 Å². The maximum Gasteiger partial charge on any atom is 0.358 e. The Labute approximate surface area is 420 Å². The molecular formula is C55H94N8O7. The number of carbonyl (C=O) groups excluding carboxylic acids is 3. The Morgan fingerprint density at radius 3 is 1.34 bits per heavy atom. The Hall–Kier alpha value is -3.56. The number of nitrogens with one attached hydrogen (secondary N) is 1. The van der Waals surface area contributed by atoms with Crippen LogP contribution < -0.4 is 11.1 Å². The molecule has 0 radical (unpaired) electrons. The Morgan fingerprint density at radius 2 is 0.957 bits per heavy atom. The van der Waals surface area contributed by atoms with E-state index in [2.05, 4.69) is 59.1 Å². The molecule has 0 bridgehead atoms. The molecule has 396 valence electrons. The van der Waals surface area contributed by atoms with Gasteiger partial charge in [-0.05, 0) is 205 Å². The SMILES string of the molecule is C.C.C.CN.CNC(=O)c1cnn(CC(=O)[C@H]2CC[C@H]3[C@@H]4CC[C@@H]5C[C@](C)(O)CC[C@]5(C)[C@H]4CC[C@]23C)n1.C[C@@]1(O)CC[C@@]2(C)[C@H](CC[C@@H]3[C@@H]2CC[C@]2(C)[C@@H](C(=O)Cn4ncc(C(=O)O)n4)CC[C@@H]32)C1. The average Bonchev–Trinajstić information content (AvgIpc) is 4.10. The highest BCUT2D eigenvalue weighted by Crippen LogP contribution is 2.70. The molecule has 8 aliphatic carbocycles. The number of amides is 1. The maximum atomic E-state index is 13.4. The molecule has 0 aliphatic heterocycles. The molecule has 8 aliphatic rings. The molecular weight excluding hydrogens is 885 g/mol. The number of Topliss-reactive ketones (excluding diaryl/α,β-unsaturated/α-hetero) is 2. The first-order chi connectivity index (χ1) is 31.6. The number of rotatable bonds is 8. The lowest BCUT2D eigenvalue weighted by Gasteiger charge is -2.61. The first-order valence-corrected chi connectivity index (χ1v) is 25.9. The van der Waals surface area contributed by atoms with Crippen molar-refractivity contribution in [2.45, 2.75) is 204 Å². The topological polar surface area (TPSA) is 228 Å². The molecule has 8 saturated carbocycles. The molecule has 2 aromatic heterocycles. The van der Waals surface area contributed by atoms with Crippen molar-refractivity contribution in [1.29, 1.82) is 0 Å². The molecule has 15 heteroatoms. The van der Waals surface area contributed by atoms with E-state index in [1.54, 1.807) is 7.05 Å². The number of carboxylic acid groups (broad SMARTS) is 1. The van der Waals surface area contributed by atoms with Crippen LogP contribution in [-0.4, -0.2) is 94.0 Å². The minimum atomic E-state index is -1.12. The van der Waals surface area contributed by atoms with Gasteiger partial charge in [0.15, 0.2) is 23.0 Å². The average molecular weight is 979 g/mol. The van der Waals surface area contributed by atoms with Gasteiger partial charge in [-0.2, -0.15) is 19.8 Å². The number of carboxylic acids is 1. The molecule has 0 unspecified atom stereocenters. The number of nitrogens with zero attached hydrogens (tertiary/aromatic N) is 6. The summed E-state index contributed by atoms with van der Waals surface area (Å²) in [5.41, 5.74) is 4.35. The molecule has 16 atom stereocenters. The van der Waals surface area contributed by atoms with Crippen molar-refractivity contribution in [2.75, 3.05) is 14.1 Å². The molecule has 2 heterocycles.